The fraction of sp³-hybridized carbons (Fsp3) is 0.375. The zero-order chi connectivity index (χ0) is 25.5. The predicted octanol–water partition coefficient (Wildman–Crippen LogP) is 2.32. The first-order valence-electron chi connectivity index (χ1n) is 11.5. The molecule has 190 valence electrons. The van der Waals surface area contributed by atoms with Crippen LogP contribution >= 0.6 is 0 Å². The molecule has 1 saturated carbocycles. The van der Waals surface area contributed by atoms with Gasteiger partial charge in [-0.05, 0) is 49.1 Å². The normalized spacial score (nSPS) is 18.4. The zero-order valence-corrected chi connectivity index (χ0v) is 21.3. The molecule has 0 bridgehead atoms. The number of nitrogens with one attached hydrogen (secondary N) is 1. The van der Waals surface area contributed by atoms with Crippen molar-refractivity contribution in [3.05, 3.63) is 47.5 Å². The number of nitrogens with zero attached hydrogens (tertiary/aromatic N) is 2. The number of β-amino-alcohol motifs (C(OH)–C–C–N with tert-alkyl or cyclic N) is 1. The van der Waals surface area contributed by atoms with Gasteiger partial charge in [-0.1, -0.05) is 11.2 Å². The number of aromatic nitrogens is 1. The fourth-order valence-corrected chi connectivity index (χ4v) is 6.94. The van der Waals surface area contributed by atoms with Gasteiger partial charge < -0.3 is 19.3 Å². The second kappa shape index (κ2) is 7.70. The second-order valence-corrected chi connectivity index (χ2v) is 13.4. The summed E-state index contributed by atoms with van der Waals surface area (Å²) in [4.78, 5) is 1.82. The van der Waals surface area contributed by atoms with Crippen LogP contribution in [0, 0.1) is 0 Å². The lowest BCUT2D eigenvalue weighted by atomic mass is 9.79. The van der Waals surface area contributed by atoms with E-state index in [-0.39, 0.29) is 32.9 Å². The molecule has 0 amide bonds. The van der Waals surface area contributed by atoms with E-state index in [2.05, 4.69) is 26.9 Å². The number of sulfonamides is 1. The van der Waals surface area contributed by atoms with Gasteiger partial charge in [-0.3, -0.25) is 4.72 Å². The summed E-state index contributed by atoms with van der Waals surface area (Å²) in [5.41, 5.74) is 3.65. The van der Waals surface area contributed by atoms with E-state index in [9.17, 15) is 21.9 Å². The number of fused-ring (bicyclic) bond motifs is 4. The van der Waals surface area contributed by atoms with Gasteiger partial charge in [0.2, 0.25) is 0 Å². The molecule has 1 saturated heterocycles. The topological polar surface area (TPSA) is 139 Å². The van der Waals surface area contributed by atoms with Gasteiger partial charge in [-0.25, -0.2) is 16.8 Å². The number of aliphatic hydroxyl groups is 1. The van der Waals surface area contributed by atoms with Crippen molar-refractivity contribution in [2.24, 2.45) is 0 Å². The number of hydrogen-bond acceptors (Lipinski definition) is 9. The highest BCUT2D eigenvalue weighted by Gasteiger charge is 2.50. The SMILES string of the molecule is COc1cc(S(C)(=O)=O)ccc1S(=O)(=O)Nc1noc2c1CC1(CC1)c1ccc(N3CC(O)C3)cc1-2. The third-order valence-electron chi connectivity index (χ3n) is 7.29. The van der Waals surface area contributed by atoms with E-state index in [0.29, 0.717) is 30.8 Å². The maximum Gasteiger partial charge on any atom is 0.266 e. The third-order valence-corrected chi connectivity index (χ3v) is 9.78. The highest BCUT2D eigenvalue weighted by Crippen LogP contribution is 2.58. The number of hydrogen-bond donors (Lipinski definition) is 2. The summed E-state index contributed by atoms with van der Waals surface area (Å²) in [6, 6.07) is 9.81. The molecule has 0 unspecified atom stereocenters. The van der Waals surface area contributed by atoms with Crippen LogP contribution in [0.1, 0.15) is 24.0 Å². The van der Waals surface area contributed by atoms with E-state index in [1.54, 1.807) is 0 Å². The summed E-state index contributed by atoms with van der Waals surface area (Å²) in [5.74, 6) is 0.552. The molecule has 3 aromatic rings. The number of rotatable bonds is 6. The molecule has 2 fully saturated rings. The van der Waals surface area contributed by atoms with E-state index in [1.165, 1.54) is 30.9 Å². The standard InChI is InChI=1S/C24H25N3O7S2/c1-33-20-10-16(35(2,29)30)4-6-21(20)36(31,32)26-23-18-11-24(7-8-24)19-5-3-14(27-12-15(28)13-27)9-17(19)22(18)34-25-23/h3-6,9-10,15,28H,7-8,11-13H2,1-2H3,(H,25,26). The van der Waals surface area contributed by atoms with Crippen LogP contribution in [0.15, 0.2) is 50.7 Å². The summed E-state index contributed by atoms with van der Waals surface area (Å²) in [7, 11) is -6.43. The van der Waals surface area contributed by atoms with E-state index < -0.39 is 19.9 Å². The molecule has 2 heterocycles. The minimum atomic E-state index is -4.17. The van der Waals surface area contributed by atoms with Gasteiger partial charge in [0.25, 0.3) is 10.0 Å². The number of methoxy groups -OCH3 is 1. The van der Waals surface area contributed by atoms with Crippen molar-refractivity contribution < 1.29 is 31.2 Å². The molecule has 10 nitrogen and oxygen atoms in total. The largest absolute Gasteiger partial charge is 0.495 e. The molecule has 2 aromatic carbocycles. The fourth-order valence-electron chi connectivity index (χ4n) is 5.12. The van der Waals surface area contributed by atoms with Crippen LogP contribution in [0.4, 0.5) is 11.5 Å². The molecule has 3 aliphatic rings. The van der Waals surface area contributed by atoms with Crippen LogP contribution in [-0.4, -0.2) is 59.7 Å². The smallest absolute Gasteiger partial charge is 0.266 e. The van der Waals surface area contributed by atoms with E-state index in [0.717, 1.165) is 30.3 Å². The van der Waals surface area contributed by atoms with Crippen molar-refractivity contribution in [2.45, 2.75) is 40.6 Å². The first-order chi connectivity index (χ1) is 17.0. The average molecular weight is 532 g/mol. The van der Waals surface area contributed by atoms with Crippen molar-refractivity contribution in [3.8, 4) is 17.1 Å². The highest BCUT2D eigenvalue weighted by atomic mass is 32.2. The minimum absolute atomic E-state index is 0.0464. The van der Waals surface area contributed by atoms with Crippen LogP contribution in [0.3, 0.4) is 0 Å². The molecular formula is C24H25N3O7S2. The third kappa shape index (κ3) is 3.66. The molecule has 1 aromatic heterocycles. The molecule has 2 N–H and O–H groups in total. The first-order valence-corrected chi connectivity index (χ1v) is 14.9. The van der Waals surface area contributed by atoms with Crippen LogP contribution in [-0.2, 0) is 31.7 Å². The Hall–Kier alpha value is -3.09. The molecule has 36 heavy (non-hydrogen) atoms. The summed E-state index contributed by atoms with van der Waals surface area (Å²) in [6.45, 7) is 1.14. The monoisotopic (exact) mass is 531 g/mol. The Morgan fingerprint density at radius 1 is 1.14 bits per heavy atom. The van der Waals surface area contributed by atoms with Crippen LogP contribution in [0.25, 0.3) is 11.3 Å². The Balaban J connectivity index is 1.37. The Morgan fingerprint density at radius 3 is 2.53 bits per heavy atom. The van der Waals surface area contributed by atoms with Crippen LogP contribution in [0.5, 0.6) is 5.75 Å². The van der Waals surface area contributed by atoms with E-state index >= 15 is 0 Å². The number of anilines is 2. The number of ether oxygens (including phenoxy) is 1. The number of aliphatic hydroxyl groups excluding tert-OH is 1. The van der Waals surface area contributed by atoms with E-state index in [4.69, 9.17) is 9.26 Å². The summed E-state index contributed by atoms with van der Waals surface area (Å²) in [6.07, 6.45) is 3.28. The second-order valence-electron chi connectivity index (χ2n) is 9.77. The maximum atomic E-state index is 13.3. The summed E-state index contributed by atoms with van der Waals surface area (Å²) < 4.78 is 63.8. The Bertz CT molecular complexity index is 1600. The van der Waals surface area contributed by atoms with Gasteiger partial charge >= 0.3 is 0 Å². The van der Waals surface area contributed by atoms with Gasteiger partial charge in [-0.2, -0.15) is 0 Å². The van der Waals surface area contributed by atoms with Crippen LogP contribution in [0.2, 0.25) is 0 Å². The summed E-state index contributed by atoms with van der Waals surface area (Å²) in [5, 5.41) is 13.8. The van der Waals surface area contributed by atoms with Gasteiger partial charge in [0.15, 0.2) is 21.4 Å². The maximum absolute atomic E-state index is 13.3. The molecule has 2 aliphatic carbocycles. The number of benzene rings is 2. The molecular weight excluding hydrogens is 506 g/mol. The Morgan fingerprint density at radius 2 is 1.89 bits per heavy atom. The molecule has 1 spiro atoms. The lowest BCUT2D eigenvalue weighted by Crippen LogP contribution is -2.50. The Labute approximate surface area is 208 Å². The zero-order valence-electron chi connectivity index (χ0n) is 19.7. The molecule has 12 heteroatoms. The quantitative estimate of drug-likeness (QED) is 0.490. The van der Waals surface area contributed by atoms with Gasteiger partial charge in [0.05, 0.1) is 18.1 Å². The average Bonchev–Trinajstić information content (AvgIpc) is 3.48. The van der Waals surface area contributed by atoms with E-state index in [1.807, 2.05) is 6.07 Å². The number of sulfone groups is 1. The van der Waals surface area contributed by atoms with Crippen molar-refractivity contribution in [1.29, 1.82) is 0 Å². The van der Waals surface area contributed by atoms with Crippen molar-refractivity contribution >= 4 is 31.4 Å². The van der Waals surface area contributed by atoms with Gasteiger partial charge in [0, 0.05) is 47.6 Å². The molecule has 0 radical (unpaired) electrons. The van der Waals surface area contributed by atoms with Gasteiger partial charge in [-0.15, -0.1) is 0 Å². The van der Waals surface area contributed by atoms with Crippen LogP contribution < -0.4 is 14.4 Å². The summed E-state index contributed by atoms with van der Waals surface area (Å²) >= 11 is 0. The molecule has 1 aliphatic heterocycles. The predicted molar refractivity (Wildman–Crippen MR) is 132 cm³/mol. The minimum Gasteiger partial charge on any atom is -0.495 e. The lowest BCUT2D eigenvalue weighted by Gasteiger charge is -2.38. The first kappa shape index (κ1) is 23.3. The highest BCUT2D eigenvalue weighted by molar-refractivity contribution is 7.93. The van der Waals surface area contributed by atoms with Crippen molar-refractivity contribution in [3.63, 3.8) is 0 Å². The van der Waals surface area contributed by atoms with Crippen molar-refractivity contribution in [1.82, 2.24) is 5.16 Å². The Kier molecular flexibility index (Phi) is 4.99. The van der Waals surface area contributed by atoms with Gasteiger partial charge in [0.1, 0.15) is 10.6 Å². The molecule has 6 rings (SSSR count). The molecule has 0 atom stereocenters. The lowest BCUT2D eigenvalue weighted by molar-refractivity contribution is 0.142. The van der Waals surface area contributed by atoms with Crippen molar-refractivity contribution in [2.75, 3.05) is 36.1 Å².